The summed E-state index contributed by atoms with van der Waals surface area (Å²) in [7, 11) is -21.2. The van der Waals surface area contributed by atoms with E-state index in [1.54, 1.807) is 0 Å². The molecule has 0 aromatic heterocycles. The molecule has 0 heterocycles. The van der Waals surface area contributed by atoms with Gasteiger partial charge in [0.25, 0.3) is 0 Å². The van der Waals surface area contributed by atoms with Gasteiger partial charge < -0.3 is 83.3 Å². The Hall–Kier alpha value is -0.420. The van der Waals surface area contributed by atoms with Crippen LogP contribution in [0, 0.1) is 0 Å². The molecule has 0 saturated heterocycles. The molecule has 0 N–H and O–H groups in total. The first-order valence-electron chi connectivity index (χ1n) is 4.60. The van der Waals surface area contributed by atoms with Gasteiger partial charge in [-0.3, -0.25) is 0 Å². The molecule has 33 heteroatoms. The van der Waals surface area contributed by atoms with Gasteiger partial charge in [0.1, 0.15) is 0 Å². The van der Waals surface area contributed by atoms with E-state index in [9.17, 15) is 27.2 Å². The van der Waals surface area contributed by atoms with Gasteiger partial charge in [0.15, 0.2) is 0 Å². The molecule has 0 aromatic carbocycles. The summed E-state index contributed by atoms with van der Waals surface area (Å²) in [6.45, 7) is 0. The van der Waals surface area contributed by atoms with Crippen LogP contribution >= 0.6 is 0 Å². The summed E-state index contributed by atoms with van der Waals surface area (Å²) in [5.74, 6) is 0. The van der Waals surface area contributed by atoms with Gasteiger partial charge in [0.2, 0.25) is 0 Å². The molecule has 0 aliphatic carbocycles. The first-order valence-corrected chi connectivity index (χ1v) is 11.9. The van der Waals surface area contributed by atoms with E-state index < -0.39 is 55.0 Å². The summed E-state index contributed by atoms with van der Waals surface area (Å²) in [6, 6.07) is 0. The Morgan fingerprint density at radius 2 is 0.424 bits per heavy atom. The van der Waals surface area contributed by atoms with E-state index in [0.29, 0.717) is 0 Å². The molecular weight excluding hydrogens is 645 g/mol. The van der Waals surface area contributed by atoms with Crippen LogP contribution in [0.5, 0.6) is 0 Å². The van der Waals surface area contributed by atoms with E-state index in [4.69, 9.17) is 55.5 Å². The summed E-state index contributed by atoms with van der Waals surface area (Å²) in [5, 5.41) is 0. The van der Waals surface area contributed by atoms with E-state index in [1.165, 1.54) is 0 Å². The number of hydrogen-bond donors (Lipinski definition) is 0. The summed E-state index contributed by atoms with van der Waals surface area (Å²) in [6.07, 6.45) is 0. The van der Waals surface area contributed by atoms with E-state index >= 15 is 0 Å². The summed E-state index contributed by atoms with van der Waals surface area (Å²) in [5.41, 5.74) is 0. The molecule has 0 bridgehead atoms. The van der Waals surface area contributed by atoms with Crippen LogP contribution < -0.4 is 58.3 Å². The standard InChI is InChI=1S/Al.6FO3Si.Mg.Na/c;6*1-4-5(2)3;;/q+3;6*-1;+2;+1. The van der Waals surface area contributed by atoms with Crippen LogP contribution in [-0.4, -0.2) is 95.4 Å². The zero-order valence-corrected chi connectivity index (χ0v) is 25.5. The molecule has 0 atom stereocenters. The van der Waals surface area contributed by atoms with Crippen LogP contribution in [0.4, 0.5) is 27.2 Å². The summed E-state index contributed by atoms with van der Waals surface area (Å²) >= 11 is 0. The van der Waals surface area contributed by atoms with Crippen LogP contribution in [0.2, 0.25) is 0 Å². The predicted octanol–water partition coefficient (Wildman–Crippen LogP) is -11.8. The minimum absolute atomic E-state index is 0. The van der Waals surface area contributed by atoms with E-state index in [-0.39, 0.29) is 70.0 Å². The van der Waals surface area contributed by atoms with Gasteiger partial charge in [-0.2, -0.15) is 0 Å². The van der Waals surface area contributed by atoms with Gasteiger partial charge in [0.05, 0.1) is 0 Å². The van der Waals surface area contributed by atoms with Crippen molar-refractivity contribution in [3.8, 4) is 0 Å². The van der Waals surface area contributed by atoms with Gasteiger partial charge in [-0.25, -0.2) is 0 Å². The first kappa shape index (κ1) is 58.4. The molecule has 0 amide bonds. The number of halogens is 6. The van der Waals surface area contributed by atoms with E-state index in [0.717, 1.165) is 0 Å². The maximum absolute atomic E-state index is 10.0. The second kappa shape index (κ2) is 53.1. The Morgan fingerprint density at radius 3 is 0.424 bits per heavy atom. The summed E-state index contributed by atoms with van der Waals surface area (Å²) in [4.78, 5) is 53.1. The molecule has 180 valence electrons. The van der Waals surface area contributed by atoms with Crippen LogP contribution in [0.1, 0.15) is 0 Å². The van der Waals surface area contributed by atoms with Crippen molar-refractivity contribution < 1.29 is 140 Å². The van der Waals surface area contributed by atoms with Crippen molar-refractivity contribution in [2.24, 2.45) is 0 Å². The SMILES string of the molecule is O=[Si]([O-])OF.O=[Si]([O-])OF.O=[Si]([O-])OF.O=[Si]([O-])OF.O=[Si]([O-])OF.O=[Si]([O-])OF.[Al+3].[Mg+2].[Na+]. The van der Waals surface area contributed by atoms with E-state index in [1.807, 2.05) is 0 Å². The summed E-state index contributed by atoms with van der Waals surface area (Å²) < 4.78 is 127. The molecule has 0 radical (unpaired) electrons. The molecule has 0 unspecified atom stereocenters. The molecule has 0 fully saturated rings. The second-order valence-corrected chi connectivity index (χ2v) is 5.89. The molecule has 0 spiro atoms. The van der Waals surface area contributed by atoms with Crippen molar-refractivity contribution in [3.05, 3.63) is 0 Å². The third-order valence-electron chi connectivity index (χ3n) is 0.378. The van der Waals surface area contributed by atoms with Crippen molar-refractivity contribution in [1.29, 1.82) is 0 Å². The topological polar surface area (TPSA) is 296 Å². The minimum Gasteiger partial charge on any atom is -0.478 e. The quantitative estimate of drug-likeness (QED) is 0.191. The van der Waals surface area contributed by atoms with Crippen molar-refractivity contribution in [2.75, 3.05) is 0 Å². The van der Waals surface area contributed by atoms with Crippen molar-refractivity contribution >= 4 is 95.4 Å². The Bertz CT molecular complexity index is 381. The zero-order valence-electron chi connectivity index (χ0n) is 14.9. The monoisotopic (exact) mass is 644 g/mol. The molecular formula is AlF6MgNaO18Si6. The molecule has 0 aromatic rings. The van der Waals surface area contributed by atoms with Crippen molar-refractivity contribution in [3.63, 3.8) is 0 Å². The van der Waals surface area contributed by atoms with Gasteiger partial charge in [0, 0.05) is 0 Å². The van der Waals surface area contributed by atoms with Gasteiger partial charge >= 0.3 is 125 Å². The Morgan fingerprint density at radius 1 is 0.394 bits per heavy atom. The second-order valence-electron chi connectivity index (χ2n) is 1.96. The maximum atomic E-state index is 10.0. The van der Waals surface area contributed by atoms with Crippen molar-refractivity contribution in [1.82, 2.24) is 0 Å². The fraction of sp³-hybridized carbons (Fsp3) is 0. The smallest absolute Gasteiger partial charge is 0.478 e. The molecule has 0 saturated carbocycles. The Balaban J connectivity index is -0.0000000294. The van der Waals surface area contributed by atoms with Gasteiger partial charge in [-0.05, 0) is 0 Å². The van der Waals surface area contributed by atoms with Crippen LogP contribution in [0.25, 0.3) is 0 Å². The molecule has 33 heavy (non-hydrogen) atoms. The molecule has 18 nitrogen and oxygen atoms in total. The minimum atomic E-state index is -3.54. The third-order valence-corrected chi connectivity index (χ3v) is 1.13. The van der Waals surface area contributed by atoms with Gasteiger partial charge in [-0.1, -0.05) is 27.2 Å². The number of hydrogen-bond acceptors (Lipinski definition) is 18. The Kier molecular flexibility index (Phi) is 94.1. The van der Waals surface area contributed by atoms with Gasteiger partial charge in [-0.15, -0.1) is 0 Å². The van der Waals surface area contributed by atoms with Crippen LogP contribution in [-0.2, 0) is 54.6 Å². The third kappa shape index (κ3) is 206. The number of rotatable bonds is 6. The predicted molar refractivity (Wildman–Crippen MR) is 63.3 cm³/mol. The Labute approximate surface area is 234 Å². The molecule has 0 aliphatic heterocycles. The van der Waals surface area contributed by atoms with Crippen LogP contribution in [0.3, 0.4) is 0 Å². The fourth-order valence-corrected chi connectivity index (χ4v) is 0. The average molecular weight is 645 g/mol. The molecule has 0 aliphatic rings. The normalized spacial score (nSPS) is 6.00. The maximum Gasteiger partial charge on any atom is 3.00 e. The van der Waals surface area contributed by atoms with Crippen LogP contribution in [0.15, 0.2) is 0 Å². The molecule has 0 rings (SSSR count). The zero-order chi connectivity index (χ0) is 25.7. The average Bonchev–Trinajstić information content (AvgIpc) is 2.69. The van der Waals surface area contributed by atoms with Crippen molar-refractivity contribution in [2.45, 2.75) is 0 Å². The van der Waals surface area contributed by atoms with E-state index in [2.05, 4.69) is 27.8 Å². The largest absolute Gasteiger partial charge is 3.00 e. The first-order chi connectivity index (χ1) is 13.6. The fourth-order valence-electron chi connectivity index (χ4n) is 0.